The maximum absolute atomic E-state index is 12.2. The minimum absolute atomic E-state index is 0. The van der Waals surface area contributed by atoms with Crippen LogP contribution in [0.5, 0.6) is 0 Å². The van der Waals surface area contributed by atoms with Gasteiger partial charge in [-0.1, -0.05) is 0 Å². The fourth-order valence-corrected chi connectivity index (χ4v) is 3.28. The van der Waals surface area contributed by atoms with Crippen LogP contribution in [0.25, 0.3) is 0 Å². The summed E-state index contributed by atoms with van der Waals surface area (Å²) in [5, 5.41) is 3.43. The molecule has 1 saturated carbocycles. The van der Waals surface area contributed by atoms with Crippen LogP contribution in [0.2, 0.25) is 0 Å². The Bertz CT molecular complexity index is 251. The Hall–Kier alpha value is 0.0700. The molecule has 0 aromatic rings. The van der Waals surface area contributed by atoms with Crippen molar-refractivity contribution in [2.45, 2.75) is 51.2 Å². The molecule has 5 heteroatoms. The highest BCUT2D eigenvalue weighted by molar-refractivity contribution is 7.99. The molecule has 0 radical (unpaired) electrons. The molecule has 2 fully saturated rings. The lowest BCUT2D eigenvalue weighted by Gasteiger charge is -2.30. The zero-order valence-corrected chi connectivity index (χ0v) is 12.3. The number of carbonyl (C=O) groups is 1. The number of nitrogens with one attached hydrogen (secondary N) is 1. The SMILES string of the molecule is CC(C)N(C(=O)CC1CSCCN1)C1CC1.Cl. The van der Waals surface area contributed by atoms with E-state index in [1.807, 2.05) is 11.8 Å². The summed E-state index contributed by atoms with van der Waals surface area (Å²) in [6.45, 7) is 5.30. The second-order valence-electron chi connectivity index (χ2n) is 5.06. The van der Waals surface area contributed by atoms with Gasteiger partial charge in [-0.05, 0) is 26.7 Å². The van der Waals surface area contributed by atoms with Crippen LogP contribution in [-0.4, -0.2) is 47.0 Å². The zero-order valence-electron chi connectivity index (χ0n) is 10.6. The standard InChI is InChI=1S/C12H22N2OS.ClH/c1-9(2)14(11-3-4-11)12(15)7-10-8-16-6-5-13-10;/h9-11,13H,3-8H2,1-2H3;1H. The van der Waals surface area contributed by atoms with Gasteiger partial charge < -0.3 is 10.2 Å². The van der Waals surface area contributed by atoms with E-state index < -0.39 is 0 Å². The molecular formula is C12H23ClN2OS. The van der Waals surface area contributed by atoms with Crippen molar-refractivity contribution in [3.05, 3.63) is 0 Å². The quantitative estimate of drug-likeness (QED) is 0.853. The maximum atomic E-state index is 12.2. The van der Waals surface area contributed by atoms with E-state index in [1.165, 1.54) is 18.6 Å². The van der Waals surface area contributed by atoms with Gasteiger partial charge in [-0.25, -0.2) is 0 Å². The number of hydrogen-bond donors (Lipinski definition) is 1. The molecule has 1 N–H and O–H groups in total. The van der Waals surface area contributed by atoms with Crippen molar-refractivity contribution >= 4 is 30.1 Å². The van der Waals surface area contributed by atoms with Crippen molar-refractivity contribution in [3.63, 3.8) is 0 Å². The summed E-state index contributed by atoms with van der Waals surface area (Å²) < 4.78 is 0. The molecule has 3 nitrogen and oxygen atoms in total. The summed E-state index contributed by atoms with van der Waals surface area (Å²) in [6.07, 6.45) is 3.09. The predicted molar refractivity (Wildman–Crippen MR) is 76.0 cm³/mol. The number of hydrogen-bond acceptors (Lipinski definition) is 3. The number of rotatable bonds is 4. The summed E-state index contributed by atoms with van der Waals surface area (Å²) in [5.41, 5.74) is 0. The molecule has 17 heavy (non-hydrogen) atoms. The third-order valence-electron chi connectivity index (χ3n) is 3.20. The van der Waals surface area contributed by atoms with E-state index in [0.29, 0.717) is 30.5 Å². The highest BCUT2D eigenvalue weighted by atomic mass is 35.5. The van der Waals surface area contributed by atoms with Crippen LogP contribution in [0.3, 0.4) is 0 Å². The Kier molecular flexibility index (Phi) is 6.10. The lowest BCUT2D eigenvalue weighted by Crippen LogP contribution is -2.45. The van der Waals surface area contributed by atoms with E-state index in [2.05, 4.69) is 24.1 Å². The van der Waals surface area contributed by atoms with Crippen LogP contribution in [-0.2, 0) is 4.79 Å². The molecule has 2 aliphatic rings. The lowest BCUT2D eigenvalue weighted by molar-refractivity contribution is -0.133. The maximum Gasteiger partial charge on any atom is 0.224 e. The van der Waals surface area contributed by atoms with Crippen molar-refractivity contribution in [2.24, 2.45) is 0 Å². The van der Waals surface area contributed by atoms with Crippen molar-refractivity contribution in [2.75, 3.05) is 18.1 Å². The second kappa shape index (κ2) is 6.86. The Morgan fingerprint density at radius 2 is 2.18 bits per heavy atom. The van der Waals surface area contributed by atoms with Crippen molar-refractivity contribution in [1.29, 1.82) is 0 Å². The summed E-state index contributed by atoms with van der Waals surface area (Å²) in [6, 6.07) is 1.30. The minimum atomic E-state index is 0. The van der Waals surface area contributed by atoms with Crippen molar-refractivity contribution in [1.82, 2.24) is 10.2 Å². The first-order chi connectivity index (χ1) is 7.68. The Morgan fingerprint density at radius 3 is 2.65 bits per heavy atom. The first kappa shape index (κ1) is 15.1. The lowest BCUT2D eigenvalue weighted by atomic mass is 10.2. The van der Waals surface area contributed by atoms with Crippen LogP contribution in [0.15, 0.2) is 0 Å². The van der Waals surface area contributed by atoms with Gasteiger partial charge in [0, 0.05) is 42.6 Å². The van der Waals surface area contributed by atoms with Gasteiger partial charge in [0.2, 0.25) is 5.91 Å². The zero-order chi connectivity index (χ0) is 11.5. The van der Waals surface area contributed by atoms with Gasteiger partial charge in [-0.3, -0.25) is 4.79 Å². The first-order valence-electron chi connectivity index (χ1n) is 6.30. The van der Waals surface area contributed by atoms with E-state index >= 15 is 0 Å². The number of thioether (sulfide) groups is 1. The van der Waals surface area contributed by atoms with Crippen LogP contribution in [0.1, 0.15) is 33.1 Å². The number of nitrogens with zero attached hydrogens (tertiary/aromatic N) is 1. The second-order valence-corrected chi connectivity index (χ2v) is 6.21. The number of carbonyl (C=O) groups excluding carboxylic acids is 1. The molecule has 2 rings (SSSR count). The molecule has 1 amide bonds. The fraction of sp³-hybridized carbons (Fsp3) is 0.917. The van der Waals surface area contributed by atoms with Gasteiger partial charge in [0.05, 0.1) is 0 Å². The monoisotopic (exact) mass is 278 g/mol. The number of halogens is 1. The third kappa shape index (κ3) is 4.34. The molecule has 1 atom stereocenters. The first-order valence-corrected chi connectivity index (χ1v) is 7.46. The predicted octanol–water partition coefficient (Wildman–Crippen LogP) is 1.90. The molecule has 1 saturated heterocycles. The normalized spacial score (nSPS) is 24.3. The van der Waals surface area contributed by atoms with Gasteiger partial charge in [0.1, 0.15) is 0 Å². The van der Waals surface area contributed by atoms with Crippen molar-refractivity contribution < 1.29 is 4.79 Å². The third-order valence-corrected chi connectivity index (χ3v) is 4.33. The van der Waals surface area contributed by atoms with Crippen LogP contribution in [0.4, 0.5) is 0 Å². The van der Waals surface area contributed by atoms with Crippen LogP contribution < -0.4 is 5.32 Å². The molecule has 1 aliphatic carbocycles. The summed E-state index contributed by atoms with van der Waals surface area (Å²) in [7, 11) is 0. The largest absolute Gasteiger partial charge is 0.337 e. The van der Waals surface area contributed by atoms with Gasteiger partial charge in [0.15, 0.2) is 0 Å². The summed E-state index contributed by atoms with van der Waals surface area (Å²) >= 11 is 1.96. The van der Waals surface area contributed by atoms with E-state index in [9.17, 15) is 4.79 Å². The Labute approximate surface area is 114 Å². The Balaban J connectivity index is 0.00000144. The molecule has 1 unspecified atom stereocenters. The average molecular weight is 279 g/mol. The smallest absolute Gasteiger partial charge is 0.224 e. The summed E-state index contributed by atoms with van der Waals surface area (Å²) in [5.74, 6) is 2.61. The van der Waals surface area contributed by atoms with Gasteiger partial charge in [0.25, 0.3) is 0 Å². The van der Waals surface area contributed by atoms with E-state index in [1.54, 1.807) is 0 Å². The fourth-order valence-electron chi connectivity index (χ4n) is 2.33. The van der Waals surface area contributed by atoms with E-state index in [4.69, 9.17) is 0 Å². The van der Waals surface area contributed by atoms with Crippen molar-refractivity contribution in [3.8, 4) is 0 Å². The average Bonchev–Trinajstić information content (AvgIpc) is 3.03. The number of amides is 1. The van der Waals surface area contributed by atoms with Crippen LogP contribution >= 0.6 is 24.2 Å². The highest BCUT2D eigenvalue weighted by Crippen LogP contribution is 2.29. The topological polar surface area (TPSA) is 32.3 Å². The molecule has 0 aromatic carbocycles. The minimum Gasteiger partial charge on any atom is -0.337 e. The van der Waals surface area contributed by atoms with Crippen LogP contribution in [0, 0.1) is 0 Å². The Morgan fingerprint density at radius 1 is 1.47 bits per heavy atom. The molecule has 0 aromatic heterocycles. The van der Waals surface area contributed by atoms with Gasteiger partial charge >= 0.3 is 0 Å². The van der Waals surface area contributed by atoms with Gasteiger partial charge in [-0.2, -0.15) is 11.8 Å². The summed E-state index contributed by atoms with van der Waals surface area (Å²) in [4.78, 5) is 14.3. The molecule has 1 aliphatic heterocycles. The molecule has 0 spiro atoms. The molecule has 0 bridgehead atoms. The van der Waals surface area contributed by atoms with E-state index in [0.717, 1.165) is 12.3 Å². The van der Waals surface area contributed by atoms with E-state index in [-0.39, 0.29) is 12.4 Å². The highest BCUT2D eigenvalue weighted by Gasteiger charge is 2.34. The van der Waals surface area contributed by atoms with Gasteiger partial charge in [-0.15, -0.1) is 12.4 Å². The molecule has 1 heterocycles. The molecule has 100 valence electrons. The molecular weight excluding hydrogens is 256 g/mol.